The van der Waals surface area contributed by atoms with Gasteiger partial charge in [-0.25, -0.2) is 0 Å². The number of aryl methyl sites for hydroxylation is 1. The van der Waals surface area contributed by atoms with Crippen LogP contribution in [0.2, 0.25) is 0 Å². The Labute approximate surface area is 138 Å². The smallest absolute Gasteiger partial charge is 0.305 e. The van der Waals surface area contributed by atoms with E-state index in [0.29, 0.717) is 22.8 Å². The van der Waals surface area contributed by atoms with Gasteiger partial charge in [-0.05, 0) is 19.1 Å². The number of methoxy groups -OCH3 is 2. The van der Waals surface area contributed by atoms with Crippen LogP contribution in [-0.2, 0) is 4.79 Å². The number of nitrogens with one attached hydrogen (secondary N) is 1. The molecule has 0 saturated heterocycles. The van der Waals surface area contributed by atoms with Gasteiger partial charge in [-0.15, -0.1) is 0 Å². The van der Waals surface area contributed by atoms with Gasteiger partial charge in [0.05, 0.1) is 26.7 Å². The fraction of sp³-hybridized carbons (Fsp3) is 0.312. The Hall–Kier alpha value is -3.03. The number of carboxylic acid groups (broad SMARTS) is 1. The molecule has 8 nitrogen and oxygen atoms in total. The van der Waals surface area contributed by atoms with Gasteiger partial charge in [-0.2, -0.15) is 0 Å². The van der Waals surface area contributed by atoms with E-state index < -0.39 is 17.9 Å². The van der Waals surface area contributed by atoms with E-state index in [-0.39, 0.29) is 12.1 Å². The molecule has 0 fully saturated rings. The first-order chi connectivity index (χ1) is 11.4. The van der Waals surface area contributed by atoms with Crippen LogP contribution in [0, 0.1) is 6.92 Å². The summed E-state index contributed by atoms with van der Waals surface area (Å²) in [6, 6.07) is 5.61. The highest BCUT2D eigenvalue weighted by Gasteiger charge is 2.23. The van der Waals surface area contributed by atoms with Gasteiger partial charge in [0.2, 0.25) is 0 Å². The highest BCUT2D eigenvalue weighted by atomic mass is 16.5. The molecule has 0 bridgehead atoms. The van der Waals surface area contributed by atoms with Crippen LogP contribution in [-0.4, -0.2) is 36.4 Å². The molecule has 24 heavy (non-hydrogen) atoms. The molecule has 2 rings (SSSR count). The number of aliphatic carboxylic acids is 1. The van der Waals surface area contributed by atoms with Crippen LogP contribution in [0.25, 0.3) is 0 Å². The van der Waals surface area contributed by atoms with Gasteiger partial charge in [0, 0.05) is 17.7 Å². The molecule has 0 aliphatic rings. The van der Waals surface area contributed by atoms with Gasteiger partial charge in [0.15, 0.2) is 5.69 Å². The summed E-state index contributed by atoms with van der Waals surface area (Å²) in [7, 11) is 2.97. The molecular weight excluding hydrogens is 316 g/mol. The Morgan fingerprint density at radius 2 is 2.04 bits per heavy atom. The van der Waals surface area contributed by atoms with Crippen molar-refractivity contribution in [3.05, 3.63) is 41.3 Å². The Bertz CT molecular complexity index is 740. The Balaban J connectivity index is 2.31. The van der Waals surface area contributed by atoms with E-state index in [1.807, 2.05) is 0 Å². The van der Waals surface area contributed by atoms with Crippen molar-refractivity contribution in [2.75, 3.05) is 14.2 Å². The van der Waals surface area contributed by atoms with Crippen molar-refractivity contribution in [2.45, 2.75) is 19.4 Å². The maximum absolute atomic E-state index is 12.3. The zero-order valence-electron chi connectivity index (χ0n) is 13.5. The normalized spacial score (nSPS) is 11.6. The second kappa shape index (κ2) is 7.49. The van der Waals surface area contributed by atoms with Crippen LogP contribution in [0.1, 0.15) is 34.3 Å². The molecule has 1 atom stereocenters. The van der Waals surface area contributed by atoms with Gasteiger partial charge < -0.3 is 24.4 Å². The fourth-order valence-corrected chi connectivity index (χ4v) is 2.23. The van der Waals surface area contributed by atoms with E-state index in [1.165, 1.54) is 20.3 Å². The Morgan fingerprint density at radius 3 is 2.58 bits per heavy atom. The molecule has 1 aromatic heterocycles. The molecule has 0 spiro atoms. The van der Waals surface area contributed by atoms with Crippen LogP contribution in [0.5, 0.6) is 11.5 Å². The van der Waals surface area contributed by atoms with Gasteiger partial charge >= 0.3 is 5.97 Å². The number of benzene rings is 1. The van der Waals surface area contributed by atoms with Crippen molar-refractivity contribution >= 4 is 11.9 Å². The molecule has 2 aromatic rings. The highest BCUT2D eigenvalue weighted by Crippen LogP contribution is 2.31. The topological polar surface area (TPSA) is 111 Å². The summed E-state index contributed by atoms with van der Waals surface area (Å²) in [6.45, 7) is 1.66. The number of carbonyl (C=O) groups excluding carboxylic acids is 1. The first-order valence-corrected chi connectivity index (χ1v) is 7.12. The number of amides is 1. The second-order valence-corrected chi connectivity index (χ2v) is 5.05. The number of aromatic nitrogens is 1. The van der Waals surface area contributed by atoms with Crippen LogP contribution >= 0.6 is 0 Å². The lowest BCUT2D eigenvalue weighted by Crippen LogP contribution is -2.30. The first-order valence-electron chi connectivity index (χ1n) is 7.12. The van der Waals surface area contributed by atoms with Crippen molar-refractivity contribution in [3.8, 4) is 11.5 Å². The van der Waals surface area contributed by atoms with Crippen LogP contribution < -0.4 is 14.8 Å². The highest BCUT2D eigenvalue weighted by molar-refractivity contribution is 5.92. The maximum atomic E-state index is 12.3. The number of carbonyl (C=O) groups is 2. The molecule has 1 amide bonds. The summed E-state index contributed by atoms with van der Waals surface area (Å²) >= 11 is 0. The molecule has 0 radical (unpaired) electrons. The zero-order valence-corrected chi connectivity index (χ0v) is 13.5. The SMILES string of the molecule is COc1ccc(C(CC(=O)O)NC(=O)c2cc(C)on2)c(OC)c1. The van der Waals surface area contributed by atoms with Crippen LogP contribution in [0.4, 0.5) is 0 Å². The summed E-state index contributed by atoms with van der Waals surface area (Å²) < 4.78 is 15.3. The molecule has 0 aliphatic heterocycles. The number of rotatable bonds is 7. The minimum absolute atomic E-state index is 0.0790. The van der Waals surface area contributed by atoms with E-state index in [0.717, 1.165) is 0 Å². The van der Waals surface area contributed by atoms with Crippen LogP contribution in [0.15, 0.2) is 28.8 Å². The van der Waals surface area contributed by atoms with Crippen molar-refractivity contribution in [2.24, 2.45) is 0 Å². The van der Waals surface area contributed by atoms with Crippen molar-refractivity contribution in [1.82, 2.24) is 10.5 Å². The summed E-state index contributed by atoms with van der Waals surface area (Å²) in [6.07, 6.45) is -0.314. The maximum Gasteiger partial charge on any atom is 0.305 e. The van der Waals surface area contributed by atoms with E-state index in [4.69, 9.17) is 19.1 Å². The Kier molecular flexibility index (Phi) is 5.41. The molecule has 1 unspecified atom stereocenters. The molecule has 2 N–H and O–H groups in total. The molecular formula is C16H18N2O6. The van der Waals surface area contributed by atoms with Gasteiger partial charge in [-0.1, -0.05) is 5.16 Å². The molecule has 1 aromatic carbocycles. The largest absolute Gasteiger partial charge is 0.497 e. The lowest BCUT2D eigenvalue weighted by atomic mass is 10.0. The third kappa shape index (κ3) is 4.03. The number of nitrogens with zero attached hydrogens (tertiary/aromatic N) is 1. The average Bonchev–Trinajstić information content (AvgIpc) is 2.99. The molecule has 8 heteroatoms. The van der Waals surface area contributed by atoms with E-state index >= 15 is 0 Å². The predicted molar refractivity (Wildman–Crippen MR) is 83.2 cm³/mol. The summed E-state index contributed by atoms with van der Waals surface area (Å²) in [5.41, 5.74) is 0.602. The third-order valence-electron chi connectivity index (χ3n) is 3.36. The second-order valence-electron chi connectivity index (χ2n) is 5.05. The number of hydrogen-bond donors (Lipinski definition) is 2. The standard InChI is InChI=1S/C16H18N2O6/c1-9-6-13(18-24-9)16(21)17-12(8-15(19)20)11-5-4-10(22-2)7-14(11)23-3/h4-7,12H,8H2,1-3H3,(H,17,21)(H,19,20). The lowest BCUT2D eigenvalue weighted by Gasteiger charge is -2.20. The minimum atomic E-state index is -1.06. The average molecular weight is 334 g/mol. The van der Waals surface area contributed by atoms with Crippen molar-refractivity contribution in [3.63, 3.8) is 0 Å². The monoisotopic (exact) mass is 334 g/mol. The molecule has 0 aliphatic carbocycles. The lowest BCUT2D eigenvalue weighted by molar-refractivity contribution is -0.137. The predicted octanol–water partition coefficient (Wildman–Crippen LogP) is 1.95. The van der Waals surface area contributed by atoms with E-state index in [2.05, 4.69) is 10.5 Å². The third-order valence-corrected chi connectivity index (χ3v) is 3.36. The quantitative estimate of drug-likeness (QED) is 0.796. The van der Waals surface area contributed by atoms with E-state index in [1.54, 1.807) is 25.1 Å². The summed E-state index contributed by atoms with van der Waals surface area (Å²) in [5, 5.41) is 15.4. The molecule has 1 heterocycles. The van der Waals surface area contributed by atoms with Crippen LogP contribution in [0.3, 0.4) is 0 Å². The summed E-state index contributed by atoms with van der Waals surface area (Å²) in [4.78, 5) is 23.4. The van der Waals surface area contributed by atoms with Crippen molar-refractivity contribution in [1.29, 1.82) is 0 Å². The molecule has 128 valence electrons. The Morgan fingerprint density at radius 1 is 1.29 bits per heavy atom. The van der Waals surface area contributed by atoms with Gasteiger partial charge in [0.1, 0.15) is 17.3 Å². The number of hydrogen-bond acceptors (Lipinski definition) is 6. The summed E-state index contributed by atoms with van der Waals surface area (Å²) in [5.74, 6) is -0.136. The van der Waals surface area contributed by atoms with Crippen molar-refractivity contribution < 1.29 is 28.7 Å². The van der Waals surface area contributed by atoms with Gasteiger partial charge in [0.25, 0.3) is 5.91 Å². The zero-order chi connectivity index (χ0) is 17.7. The molecule has 0 saturated carbocycles. The minimum Gasteiger partial charge on any atom is -0.497 e. The fourth-order valence-electron chi connectivity index (χ4n) is 2.23. The van der Waals surface area contributed by atoms with E-state index in [9.17, 15) is 9.59 Å². The number of carboxylic acids is 1. The van der Waals surface area contributed by atoms with Gasteiger partial charge in [-0.3, -0.25) is 9.59 Å². The number of ether oxygens (including phenoxy) is 2. The first kappa shape index (κ1) is 17.3.